The second-order valence-electron chi connectivity index (χ2n) is 12.7. The number of likely N-dealkylation sites (tertiary alicyclic amines) is 1. The van der Waals surface area contributed by atoms with Gasteiger partial charge >= 0.3 is 0 Å². The van der Waals surface area contributed by atoms with Crippen LogP contribution in [0.25, 0.3) is 22.5 Å². The normalized spacial score (nSPS) is 15.5. The summed E-state index contributed by atoms with van der Waals surface area (Å²) in [5.41, 5.74) is 8.74. The van der Waals surface area contributed by atoms with Gasteiger partial charge in [0.15, 0.2) is 17.3 Å². The molecule has 0 spiro atoms. The third-order valence-electron chi connectivity index (χ3n) is 9.15. The number of amides is 2. The molecule has 242 valence electrons. The van der Waals surface area contributed by atoms with E-state index in [9.17, 15) is 18.8 Å². The molecule has 13 heteroatoms. The monoisotopic (exact) mass is 637 g/mol. The number of nitrogens with zero attached hydrogens (tertiary/aromatic N) is 7. The molecule has 2 aliphatic heterocycles. The van der Waals surface area contributed by atoms with E-state index < -0.39 is 17.5 Å². The zero-order valence-corrected chi connectivity index (χ0v) is 26.3. The number of aromatic nitrogens is 6. The van der Waals surface area contributed by atoms with E-state index in [0.717, 1.165) is 29.7 Å². The fraction of sp³-hybridized carbons (Fsp3) is 0.353. The Morgan fingerprint density at radius 1 is 1.02 bits per heavy atom. The van der Waals surface area contributed by atoms with Crippen molar-refractivity contribution in [1.82, 2.24) is 33.8 Å². The molecule has 0 radical (unpaired) electrons. The number of piperidine rings is 1. The minimum absolute atomic E-state index is 0.0827. The van der Waals surface area contributed by atoms with Gasteiger partial charge in [0.1, 0.15) is 17.4 Å². The van der Waals surface area contributed by atoms with E-state index in [1.165, 1.54) is 24.9 Å². The largest absolute Gasteiger partial charge is 0.382 e. The van der Waals surface area contributed by atoms with E-state index in [-0.39, 0.29) is 17.0 Å². The Morgan fingerprint density at radius 3 is 2.49 bits per heavy atom. The SMILES string of the molecule is CC(C)(F)C(=O)N1CCC(c2cc(-c3ccc(NC(=O)c4c5n(n(-c6ccccn6)c4=O)CCCC5)cc3)c3c(N)ncnn23)CC1. The molecule has 7 rings (SSSR count). The summed E-state index contributed by atoms with van der Waals surface area (Å²) in [6.45, 7) is 4.12. The Hall–Kier alpha value is -5.33. The van der Waals surface area contributed by atoms with E-state index in [4.69, 9.17) is 5.73 Å². The van der Waals surface area contributed by atoms with E-state index in [1.54, 1.807) is 39.9 Å². The Kier molecular flexibility index (Phi) is 7.61. The van der Waals surface area contributed by atoms with Crippen LogP contribution < -0.4 is 16.6 Å². The number of hydrogen-bond acceptors (Lipinski definition) is 7. The van der Waals surface area contributed by atoms with Crippen molar-refractivity contribution in [2.75, 3.05) is 24.1 Å². The molecular weight excluding hydrogens is 601 g/mol. The number of halogens is 1. The zero-order valence-electron chi connectivity index (χ0n) is 26.3. The molecule has 2 aliphatic rings. The predicted octanol–water partition coefficient (Wildman–Crippen LogP) is 4.37. The van der Waals surface area contributed by atoms with Gasteiger partial charge in [0.25, 0.3) is 17.4 Å². The highest BCUT2D eigenvalue weighted by Crippen LogP contribution is 2.37. The van der Waals surface area contributed by atoms with Gasteiger partial charge in [-0.15, -0.1) is 0 Å². The van der Waals surface area contributed by atoms with Crippen molar-refractivity contribution in [2.45, 2.75) is 64.1 Å². The fourth-order valence-corrected chi connectivity index (χ4v) is 6.85. The van der Waals surface area contributed by atoms with Gasteiger partial charge in [-0.3, -0.25) is 19.1 Å². The standard InChI is InChI=1S/C34H36FN9O3/c1-34(2,35)33(47)41-17-13-22(14-18-41)26-19-24(29-30(36)38-20-39-43(26)29)21-9-11-23(12-10-21)40-31(45)28-25-7-4-6-16-42(25)44(32(28)46)27-8-3-5-15-37-27/h3,5,8-12,15,19-20,22H,4,6-7,13-14,16-18H2,1-2H3,(H,40,45)(H2,36,38,39). The van der Waals surface area contributed by atoms with Crippen LogP contribution in [-0.2, 0) is 17.8 Å². The van der Waals surface area contributed by atoms with Gasteiger partial charge in [-0.25, -0.2) is 18.9 Å². The summed E-state index contributed by atoms with van der Waals surface area (Å²) in [7, 11) is 0. The number of carbonyl (C=O) groups excluding carboxylic acids is 2. The highest BCUT2D eigenvalue weighted by atomic mass is 19.1. The van der Waals surface area contributed by atoms with Crippen molar-refractivity contribution in [3.05, 3.63) is 88.4 Å². The summed E-state index contributed by atoms with van der Waals surface area (Å²) in [5, 5.41) is 7.43. The van der Waals surface area contributed by atoms with Crippen LogP contribution in [0.2, 0.25) is 0 Å². The van der Waals surface area contributed by atoms with Crippen LogP contribution in [0.3, 0.4) is 0 Å². The number of pyridine rings is 1. The maximum absolute atomic E-state index is 14.3. The van der Waals surface area contributed by atoms with Crippen LogP contribution in [0.5, 0.6) is 0 Å². The van der Waals surface area contributed by atoms with Gasteiger partial charge in [-0.1, -0.05) is 18.2 Å². The lowest BCUT2D eigenvalue weighted by Crippen LogP contribution is -2.46. The number of nitrogens with two attached hydrogens (primary N) is 1. The molecule has 2 amide bonds. The number of hydrogen-bond donors (Lipinski definition) is 2. The van der Waals surface area contributed by atoms with Crippen LogP contribution in [-0.4, -0.2) is 64.4 Å². The molecule has 0 saturated carbocycles. The van der Waals surface area contributed by atoms with E-state index in [2.05, 4.69) is 20.4 Å². The molecule has 0 atom stereocenters. The second kappa shape index (κ2) is 11.8. The van der Waals surface area contributed by atoms with Crippen LogP contribution in [0.15, 0.2) is 65.8 Å². The Bertz CT molecular complexity index is 2030. The first-order valence-corrected chi connectivity index (χ1v) is 15.9. The lowest BCUT2D eigenvalue weighted by molar-refractivity contribution is -0.143. The number of nitrogens with one attached hydrogen (secondary N) is 1. The summed E-state index contributed by atoms with van der Waals surface area (Å²) in [5.74, 6) is -0.0636. The van der Waals surface area contributed by atoms with Gasteiger partial charge in [-0.2, -0.15) is 9.78 Å². The summed E-state index contributed by atoms with van der Waals surface area (Å²) >= 11 is 0. The molecule has 0 bridgehead atoms. The molecule has 12 nitrogen and oxygen atoms in total. The van der Waals surface area contributed by atoms with Crippen LogP contribution in [0.1, 0.15) is 67.2 Å². The minimum atomic E-state index is -1.91. The molecule has 6 heterocycles. The first kappa shape index (κ1) is 30.3. The number of alkyl halides is 1. The fourth-order valence-electron chi connectivity index (χ4n) is 6.85. The molecule has 1 fully saturated rings. The molecular formula is C34H36FN9O3. The van der Waals surface area contributed by atoms with E-state index in [1.807, 2.05) is 28.9 Å². The third kappa shape index (κ3) is 5.45. The van der Waals surface area contributed by atoms with Gasteiger partial charge in [0.05, 0.1) is 5.69 Å². The van der Waals surface area contributed by atoms with Crippen molar-refractivity contribution in [3.8, 4) is 16.9 Å². The summed E-state index contributed by atoms with van der Waals surface area (Å²) < 4.78 is 19.5. The number of anilines is 2. The first-order chi connectivity index (χ1) is 22.6. The molecule has 0 aliphatic carbocycles. The molecule has 3 N–H and O–H groups in total. The maximum atomic E-state index is 14.3. The number of benzene rings is 1. The summed E-state index contributed by atoms with van der Waals surface area (Å²) in [4.78, 5) is 49.8. The maximum Gasteiger partial charge on any atom is 0.285 e. The van der Waals surface area contributed by atoms with Gasteiger partial charge in [0, 0.05) is 48.7 Å². The molecule has 4 aromatic heterocycles. The zero-order chi connectivity index (χ0) is 32.9. The Labute approximate surface area is 270 Å². The average Bonchev–Trinajstić information content (AvgIpc) is 3.61. The van der Waals surface area contributed by atoms with Crippen LogP contribution in [0, 0.1) is 0 Å². The predicted molar refractivity (Wildman–Crippen MR) is 175 cm³/mol. The lowest BCUT2D eigenvalue weighted by atomic mass is 9.92. The van der Waals surface area contributed by atoms with Gasteiger partial charge < -0.3 is 16.0 Å². The van der Waals surface area contributed by atoms with Crippen molar-refractivity contribution in [3.63, 3.8) is 0 Å². The highest BCUT2D eigenvalue weighted by molar-refractivity contribution is 6.05. The number of rotatable bonds is 6. The van der Waals surface area contributed by atoms with Gasteiger partial charge in [-0.05, 0) is 81.8 Å². The number of fused-ring (bicyclic) bond motifs is 2. The smallest absolute Gasteiger partial charge is 0.285 e. The van der Waals surface area contributed by atoms with Crippen molar-refractivity contribution in [1.29, 1.82) is 0 Å². The van der Waals surface area contributed by atoms with Crippen molar-refractivity contribution < 1.29 is 14.0 Å². The molecule has 1 saturated heterocycles. The van der Waals surface area contributed by atoms with Crippen LogP contribution in [0.4, 0.5) is 15.9 Å². The number of carbonyl (C=O) groups is 2. The molecule has 47 heavy (non-hydrogen) atoms. The topological polar surface area (TPSA) is 145 Å². The van der Waals surface area contributed by atoms with E-state index in [0.29, 0.717) is 67.4 Å². The first-order valence-electron chi connectivity index (χ1n) is 15.9. The summed E-state index contributed by atoms with van der Waals surface area (Å²) in [6.07, 6.45) is 6.81. The Balaban J connectivity index is 1.15. The van der Waals surface area contributed by atoms with Crippen LogP contribution >= 0.6 is 0 Å². The lowest BCUT2D eigenvalue weighted by Gasteiger charge is -2.34. The highest BCUT2D eigenvalue weighted by Gasteiger charge is 2.35. The Morgan fingerprint density at radius 2 is 1.79 bits per heavy atom. The van der Waals surface area contributed by atoms with Gasteiger partial charge in [0.2, 0.25) is 0 Å². The molecule has 0 unspecified atom stereocenters. The third-order valence-corrected chi connectivity index (χ3v) is 9.15. The quantitative estimate of drug-likeness (QED) is 0.281. The minimum Gasteiger partial charge on any atom is -0.382 e. The molecule has 1 aromatic carbocycles. The second-order valence-corrected chi connectivity index (χ2v) is 12.7. The van der Waals surface area contributed by atoms with Crippen molar-refractivity contribution >= 4 is 28.8 Å². The van der Waals surface area contributed by atoms with E-state index >= 15 is 0 Å². The van der Waals surface area contributed by atoms with Crippen molar-refractivity contribution in [2.24, 2.45) is 0 Å². The summed E-state index contributed by atoms with van der Waals surface area (Å²) in [6, 6.07) is 14.8. The number of nitrogen functional groups attached to an aromatic ring is 1. The molecule has 5 aromatic rings. The average molecular weight is 638 g/mol.